The summed E-state index contributed by atoms with van der Waals surface area (Å²) in [6, 6.07) is 6.63. The van der Waals surface area contributed by atoms with Gasteiger partial charge in [0.05, 0.1) is 5.75 Å². The highest BCUT2D eigenvalue weighted by atomic mass is 32.2. The first-order chi connectivity index (χ1) is 10.2. The van der Waals surface area contributed by atoms with Crippen LogP contribution in [-0.2, 0) is 4.79 Å². The number of rotatable bonds is 12. The Bertz CT molecular complexity index is 406. The Labute approximate surface area is 132 Å². The first-order valence-corrected chi connectivity index (χ1v) is 9.11. The van der Waals surface area contributed by atoms with Gasteiger partial charge in [-0.3, -0.25) is 4.79 Å². The maximum atomic E-state index is 13.4. The second-order valence-electron chi connectivity index (χ2n) is 5.48. The number of ketones is 1. The minimum Gasteiger partial charge on any atom is -0.299 e. The van der Waals surface area contributed by atoms with Crippen molar-refractivity contribution in [2.75, 3.05) is 5.75 Å². The number of unbranched alkanes of at least 4 members (excludes halogenated alkanes) is 7. The maximum absolute atomic E-state index is 13.4. The molecular weight excluding hydrogens is 283 g/mol. The minimum absolute atomic E-state index is 0.231. The molecule has 0 amide bonds. The molecule has 1 rings (SSSR count). The highest BCUT2D eigenvalue weighted by Crippen LogP contribution is 2.21. The van der Waals surface area contributed by atoms with Gasteiger partial charge in [-0.2, -0.15) is 0 Å². The molecule has 1 aromatic rings. The van der Waals surface area contributed by atoms with E-state index in [1.54, 1.807) is 18.2 Å². The molecule has 0 bridgehead atoms. The maximum Gasteiger partial charge on any atom is 0.143 e. The van der Waals surface area contributed by atoms with E-state index in [9.17, 15) is 9.18 Å². The van der Waals surface area contributed by atoms with Crippen LogP contribution in [0.1, 0.15) is 64.7 Å². The summed E-state index contributed by atoms with van der Waals surface area (Å²) >= 11 is 1.31. The molecule has 0 saturated heterocycles. The van der Waals surface area contributed by atoms with Gasteiger partial charge >= 0.3 is 0 Å². The molecule has 0 aliphatic heterocycles. The summed E-state index contributed by atoms with van der Waals surface area (Å²) in [6.07, 6.45) is 10.6. The van der Waals surface area contributed by atoms with Gasteiger partial charge in [-0.25, -0.2) is 4.39 Å². The highest BCUT2D eigenvalue weighted by molar-refractivity contribution is 8.00. The number of hydrogen-bond donors (Lipinski definition) is 0. The first-order valence-electron chi connectivity index (χ1n) is 8.13. The van der Waals surface area contributed by atoms with Crippen molar-refractivity contribution in [3.05, 3.63) is 30.1 Å². The van der Waals surface area contributed by atoms with Crippen LogP contribution >= 0.6 is 11.8 Å². The minimum atomic E-state index is -0.234. The number of Topliss-reactive ketones (excluding diaryl/α,β-unsaturated/α-hetero) is 1. The van der Waals surface area contributed by atoms with Crippen molar-refractivity contribution < 1.29 is 9.18 Å². The number of carbonyl (C=O) groups excluding carboxylic acids is 1. The average Bonchev–Trinajstić information content (AvgIpc) is 2.49. The van der Waals surface area contributed by atoms with E-state index in [1.807, 2.05) is 0 Å². The number of benzene rings is 1. The Morgan fingerprint density at radius 3 is 2.29 bits per heavy atom. The Morgan fingerprint density at radius 1 is 1.00 bits per heavy atom. The number of thioether (sulfide) groups is 1. The molecule has 3 heteroatoms. The molecule has 1 nitrogen and oxygen atoms in total. The monoisotopic (exact) mass is 310 g/mol. The predicted molar refractivity (Wildman–Crippen MR) is 89.4 cm³/mol. The van der Waals surface area contributed by atoms with Gasteiger partial charge in [-0.05, 0) is 18.6 Å². The molecule has 0 unspecified atom stereocenters. The smallest absolute Gasteiger partial charge is 0.143 e. The van der Waals surface area contributed by atoms with E-state index < -0.39 is 0 Å². The summed E-state index contributed by atoms with van der Waals surface area (Å²) in [5.74, 6) is 0.383. The summed E-state index contributed by atoms with van der Waals surface area (Å²) in [4.78, 5) is 12.3. The Morgan fingerprint density at radius 2 is 1.62 bits per heavy atom. The summed E-state index contributed by atoms with van der Waals surface area (Å²) in [7, 11) is 0. The lowest BCUT2D eigenvalue weighted by Crippen LogP contribution is -2.01. The fourth-order valence-electron chi connectivity index (χ4n) is 2.25. The predicted octanol–water partition coefficient (Wildman–Crippen LogP) is 6.02. The summed E-state index contributed by atoms with van der Waals surface area (Å²) in [6.45, 7) is 2.23. The quantitative estimate of drug-likeness (QED) is 0.347. The highest BCUT2D eigenvalue weighted by Gasteiger charge is 2.06. The van der Waals surface area contributed by atoms with Crippen LogP contribution in [0, 0.1) is 5.82 Å². The molecule has 0 heterocycles. The third-order valence-electron chi connectivity index (χ3n) is 3.53. The first kappa shape index (κ1) is 18.2. The van der Waals surface area contributed by atoms with Crippen LogP contribution in [0.3, 0.4) is 0 Å². The second kappa shape index (κ2) is 11.8. The van der Waals surface area contributed by atoms with Gasteiger partial charge in [0, 0.05) is 11.3 Å². The molecule has 21 heavy (non-hydrogen) atoms. The van der Waals surface area contributed by atoms with Crippen molar-refractivity contribution in [1.82, 2.24) is 0 Å². The van der Waals surface area contributed by atoms with E-state index in [2.05, 4.69) is 6.92 Å². The third-order valence-corrected chi connectivity index (χ3v) is 4.64. The normalized spacial score (nSPS) is 10.8. The van der Waals surface area contributed by atoms with E-state index in [0.29, 0.717) is 17.1 Å². The molecule has 0 atom stereocenters. The van der Waals surface area contributed by atoms with Crippen LogP contribution in [0.25, 0.3) is 0 Å². The molecule has 0 radical (unpaired) electrons. The number of hydrogen-bond acceptors (Lipinski definition) is 2. The fourth-order valence-corrected chi connectivity index (χ4v) is 3.09. The number of halogens is 1. The average molecular weight is 310 g/mol. The molecule has 118 valence electrons. The van der Waals surface area contributed by atoms with Crippen molar-refractivity contribution in [3.8, 4) is 0 Å². The van der Waals surface area contributed by atoms with Crippen LogP contribution in [0.15, 0.2) is 29.2 Å². The Hall–Kier alpha value is -0.830. The fraction of sp³-hybridized carbons (Fsp3) is 0.611. The third kappa shape index (κ3) is 8.92. The van der Waals surface area contributed by atoms with Crippen LogP contribution in [0.4, 0.5) is 4.39 Å². The van der Waals surface area contributed by atoms with Crippen molar-refractivity contribution in [2.24, 2.45) is 0 Å². The van der Waals surface area contributed by atoms with Crippen LogP contribution in [-0.4, -0.2) is 11.5 Å². The Kier molecular flexibility index (Phi) is 10.2. The van der Waals surface area contributed by atoms with Crippen molar-refractivity contribution >= 4 is 17.5 Å². The summed E-state index contributed by atoms with van der Waals surface area (Å²) in [5, 5.41) is 0. The Balaban J connectivity index is 2.00. The van der Waals surface area contributed by atoms with Gasteiger partial charge in [-0.15, -0.1) is 11.8 Å². The van der Waals surface area contributed by atoms with Crippen molar-refractivity contribution in [3.63, 3.8) is 0 Å². The van der Waals surface area contributed by atoms with E-state index >= 15 is 0 Å². The topological polar surface area (TPSA) is 17.1 Å². The van der Waals surface area contributed by atoms with Crippen molar-refractivity contribution in [1.29, 1.82) is 0 Å². The lowest BCUT2D eigenvalue weighted by molar-refractivity contribution is -0.116. The van der Waals surface area contributed by atoms with E-state index in [0.717, 1.165) is 12.8 Å². The van der Waals surface area contributed by atoms with Gasteiger partial charge in [-0.1, -0.05) is 64.0 Å². The molecule has 0 spiro atoms. The zero-order valence-electron chi connectivity index (χ0n) is 13.1. The van der Waals surface area contributed by atoms with E-state index in [4.69, 9.17) is 0 Å². The zero-order chi connectivity index (χ0) is 15.3. The molecule has 1 aromatic carbocycles. The lowest BCUT2D eigenvalue weighted by Gasteiger charge is -2.03. The molecule has 0 aliphatic carbocycles. The molecule has 0 fully saturated rings. The number of carbonyl (C=O) groups is 1. The van der Waals surface area contributed by atoms with Crippen LogP contribution < -0.4 is 0 Å². The molecule has 0 aliphatic rings. The van der Waals surface area contributed by atoms with Crippen LogP contribution in [0.5, 0.6) is 0 Å². The largest absolute Gasteiger partial charge is 0.299 e. The molecule has 0 N–H and O–H groups in total. The lowest BCUT2D eigenvalue weighted by atomic mass is 10.1. The van der Waals surface area contributed by atoms with Crippen molar-refractivity contribution in [2.45, 2.75) is 69.6 Å². The SMILES string of the molecule is CCCCCCCCCCC(=O)CSc1ccccc1F. The van der Waals surface area contributed by atoms with Gasteiger partial charge in [0.1, 0.15) is 11.6 Å². The van der Waals surface area contributed by atoms with Gasteiger partial charge in [0.15, 0.2) is 0 Å². The van der Waals surface area contributed by atoms with Crippen LogP contribution in [0.2, 0.25) is 0 Å². The van der Waals surface area contributed by atoms with Gasteiger partial charge in [0.25, 0.3) is 0 Å². The van der Waals surface area contributed by atoms with Gasteiger partial charge < -0.3 is 0 Å². The standard InChI is InChI=1S/C18H27FOS/c1-2-3-4-5-6-7-8-9-12-16(20)15-21-18-14-11-10-13-17(18)19/h10-11,13-14H,2-9,12,15H2,1H3. The molecular formula is C18H27FOS. The van der Waals surface area contributed by atoms with E-state index in [1.165, 1.54) is 56.4 Å². The summed E-state index contributed by atoms with van der Waals surface area (Å²) in [5.41, 5.74) is 0. The zero-order valence-corrected chi connectivity index (χ0v) is 13.9. The van der Waals surface area contributed by atoms with Gasteiger partial charge in [0.2, 0.25) is 0 Å². The second-order valence-corrected chi connectivity index (χ2v) is 6.50. The summed E-state index contributed by atoms with van der Waals surface area (Å²) < 4.78 is 13.4. The molecule has 0 aromatic heterocycles. The molecule has 0 saturated carbocycles. The van der Waals surface area contributed by atoms with E-state index in [-0.39, 0.29) is 11.6 Å².